The fourth-order valence-corrected chi connectivity index (χ4v) is 5.17. The summed E-state index contributed by atoms with van der Waals surface area (Å²) < 4.78 is 6.68. The van der Waals surface area contributed by atoms with Crippen LogP contribution in [0.2, 0.25) is 10.0 Å². The molecule has 35 heavy (non-hydrogen) atoms. The molecule has 1 atom stereocenters. The van der Waals surface area contributed by atoms with Gasteiger partial charge >= 0.3 is 0 Å². The first kappa shape index (κ1) is 27.8. The van der Waals surface area contributed by atoms with Crippen molar-refractivity contribution >= 4 is 50.9 Å². The van der Waals surface area contributed by atoms with Gasteiger partial charge in [0.2, 0.25) is 5.91 Å². The second kappa shape index (κ2) is 13.0. The van der Waals surface area contributed by atoms with Crippen molar-refractivity contribution in [3.8, 4) is 5.75 Å². The van der Waals surface area contributed by atoms with Crippen molar-refractivity contribution in [3.63, 3.8) is 0 Å². The Morgan fingerprint density at radius 1 is 1.11 bits per heavy atom. The van der Waals surface area contributed by atoms with E-state index in [0.717, 1.165) is 35.7 Å². The Bertz CT molecular complexity index is 1040. The first-order valence-corrected chi connectivity index (χ1v) is 13.7. The van der Waals surface area contributed by atoms with Crippen LogP contribution >= 0.6 is 39.1 Å². The standard InChI is InChI=1S/C27H33BrCl2N2O3/c1-4-24(27(34)31-20-7-5-6-8-20)32(15-18-9-11-22(29)23(30)13-18)26(33)16-35-25-12-10-19(17(2)3)14-21(25)28/h9-14,17,20,24H,4-8,15-16H2,1-3H3,(H,31,34)/t24-/m0/s1. The van der Waals surface area contributed by atoms with Gasteiger partial charge in [0.25, 0.3) is 5.91 Å². The minimum Gasteiger partial charge on any atom is -0.483 e. The van der Waals surface area contributed by atoms with E-state index in [2.05, 4.69) is 35.1 Å². The van der Waals surface area contributed by atoms with Crippen LogP contribution in [-0.2, 0) is 16.1 Å². The van der Waals surface area contributed by atoms with Crippen LogP contribution in [0, 0.1) is 0 Å². The number of halogens is 3. The number of hydrogen-bond acceptors (Lipinski definition) is 3. The monoisotopic (exact) mass is 582 g/mol. The number of carbonyl (C=O) groups excluding carboxylic acids is 2. The van der Waals surface area contributed by atoms with E-state index in [1.54, 1.807) is 17.0 Å². The number of ether oxygens (including phenoxy) is 1. The maximum atomic E-state index is 13.4. The van der Waals surface area contributed by atoms with E-state index in [4.69, 9.17) is 27.9 Å². The van der Waals surface area contributed by atoms with Crippen molar-refractivity contribution in [2.75, 3.05) is 6.61 Å². The van der Waals surface area contributed by atoms with Gasteiger partial charge in [-0.3, -0.25) is 9.59 Å². The van der Waals surface area contributed by atoms with Crippen molar-refractivity contribution in [1.82, 2.24) is 10.2 Å². The quantitative estimate of drug-likeness (QED) is 0.324. The number of benzene rings is 2. The smallest absolute Gasteiger partial charge is 0.261 e. The highest BCUT2D eigenvalue weighted by Gasteiger charge is 2.31. The van der Waals surface area contributed by atoms with Gasteiger partial charge in [-0.15, -0.1) is 0 Å². The zero-order valence-corrected chi connectivity index (χ0v) is 23.5. The van der Waals surface area contributed by atoms with E-state index < -0.39 is 6.04 Å². The normalized spacial score (nSPS) is 14.7. The van der Waals surface area contributed by atoms with Crippen molar-refractivity contribution in [2.24, 2.45) is 0 Å². The molecular weight excluding hydrogens is 551 g/mol. The summed E-state index contributed by atoms with van der Waals surface area (Å²) in [6.45, 7) is 6.19. The number of nitrogens with one attached hydrogen (secondary N) is 1. The fraction of sp³-hybridized carbons (Fsp3) is 0.481. The van der Waals surface area contributed by atoms with Crippen LogP contribution in [0.15, 0.2) is 40.9 Å². The Balaban J connectivity index is 1.79. The molecule has 0 spiro atoms. The first-order chi connectivity index (χ1) is 16.7. The van der Waals surface area contributed by atoms with Gasteiger partial charge in [0.15, 0.2) is 6.61 Å². The molecule has 0 aromatic heterocycles. The van der Waals surface area contributed by atoms with Crippen molar-refractivity contribution in [1.29, 1.82) is 0 Å². The van der Waals surface area contributed by atoms with Crippen LogP contribution in [0.5, 0.6) is 5.75 Å². The molecule has 1 fully saturated rings. The lowest BCUT2D eigenvalue weighted by Crippen LogP contribution is -2.52. The molecule has 0 saturated heterocycles. The van der Waals surface area contributed by atoms with Crippen LogP contribution in [0.4, 0.5) is 0 Å². The summed E-state index contributed by atoms with van der Waals surface area (Å²) in [6.07, 6.45) is 4.68. The molecule has 1 saturated carbocycles. The average Bonchev–Trinajstić information content (AvgIpc) is 3.33. The molecule has 5 nitrogen and oxygen atoms in total. The molecule has 1 aliphatic rings. The maximum absolute atomic E-state index is 13.4. The average molecular weight is 584 g/mol. The van der Waals surface area contributed by atoms with E-state index in [1.165, 1.54) is 5.56 Å². The third-order valence-electron chi connectivity index (χ3n) is 6.40. The van der Waals surface area contributed by atoms with Gasteiger partial charge in [0, 0.05) is 12.6 Å². The number of amides is 2. The number of rotatable bonds is 10. The summed E-state index contributed by atoms with van der Waals surface area (Å²) in [6, 6.07) is 10.7. The maximum Gasteiger partial charge on any atom is 0.261 e. The Kier molecular flexibility index (Phi) is 10.3. The summed E-state index contributed by atoms with van der Waals surface area (Å²) in [4.78, 5) is 28.2. The van der Waals surface area contributed by atoms with Gasteiger partial charge < -0.3 is 15.0 Å². The summed E-state index contributed by atoms with van der Waals surface area (Å²) in [5.41, 5.74) is 1.97. The molecule has 2 aromatic carbocycles. The molecule has 8 heteroatoms. The Hall–Kier alpha value is -1.76. The lowest BCUT2D eigenvalue weighted by atomic mass is 10.0. The lowest BCUT2D eigenvalue weighted by Gasteiger charge is -2.31. The molecular formula is C27H33BrCl2N2O3. The first-order valence-electron chi connectivity index (χ1n) is 12.2. The highest BCUT2D eigenvalue weighted by atomic mass is 79.9. The molecule has 0 unspecified atom stereocenters. The molecule has 190 valence electrons. The predicted octanol–water partition coefficient (Wildman–Crippen LogP) is 7.12. The largest absolute Gasteiger partial charge is 0.483 e. The summed E-state index contributed by atoms with van der Waals surface area (Å²) in [7, 11) is 0. The molecule has 0 radical (unpaired) electrons. The second-order valence-corrected chi connectivity index (χ2v) is 11.0. The van der Waals surface area contributed by atoms with Gasteiger partial charge in [0.05, 0.1) is 14.5 Å². The van der Waals surface area contributed by atoms with E-state index in [9.17, 15) is 9.59 Å². The van der Waals surface area contributed by atoms with Crippen LogP contribution in [-0.4, -0.2) is 35.4 Å². The lowest BCUT2D eigenvalue weighted by molar-refractivity contribution is -0.143. The van der Waals surface area contributed by atoms with Crippen LogP contribution in [0.25, 0.3) is 0 Å². The van der Waals surface area contributed by atoms with Crippen molar-refractivity contribution < 1.29 is 14.3 Å². The van der Waals surface area contributed by atoms with Crippen molar-refractivity contribution in [3.05, 3.63) is 62.0 Å². The Morgan fingerprint density at radius 3 is 2.43 bits per heavy atom. The third-order valence-corrected chi connectivity index (χ3v) is 7.76. The van der Waals surface area contributed by atoms with Crippen LogP contribution in [0.1, 0.15) is 69.9 Å². The molecule has 0 bridgehead atoms. The molecule has 3 rings (SSSR count). The second-order valence-electron chi connectivity index (χ2n) is 9.32. The zero-order valence-electron chi connectivity index (χ0n) is 20.5. The molecule has 2 amide bonds. The van der Waals surface area contributed by atoms with Gasteiger partial charge in [-0.1, -0.05) is 68.9 Å². The molecule has 2 aromatic rings. The molecule has 1 N–H and O–H groups in total. The van der Waals surface area contributed by atoms with Gasteiger partial charge in [-0.25, -0.2) is 0 Å². The SMILES string of the molecule is CC[C@@H](C(=O)NC1CCCC1)N(Cc1ccc(Cl)c(Cl)c1)C(=O)COc1ccc(C(C)C)cc1Br. The fourth-order valence-electron chi connectivity index (χ4n) is 4.34. The van der Waals surface area contributed by atoms with E-state index in [1.807, 2.05) is 31.2 Å². The van der Waals surface area contributed by atoms with E-state index in [-0.39, 0.29) is 31.0 Å². The zero-order chi connectivity index (χ0) is 25.5. The van der Waals surface area contributed by atoms with Gasteiger partial charge in [-0.05, 0) is 76.5 Å². The van der Waals surface area contributed by atoms with E-state index >= 15 is 0 Å². The highest BCUT2D eigenvalue weighted by Crippen LogP contribution is 2.29. The highest BCUT2D eigenvalue weighted by molar-refractivity contribution is 9.10. The summed E-state index contributed by atoms with van der Waals surface area (Å²) >= 11 is 15.8. The summed E-state index contributed by atoms with van der Waals surface area (Å²) in [5.74, 6) is 0.563. The molecule has 1 aliphatic carbocycles. The number of hydrogen-bond donors (Lipinski definition) is 1. The topological polar surface area (TPSA) is 58.6 Å². The minimum absolute atomic E-state index is 0.129. The number of carbonyl (C=O) groups is 2. The van der Waals surface area contributed by atoms with Gasteiger partial charge in [-0.2, -0.15) is 0 Å². The van der Waals surface area contributed by atoms with Gasteiger partial charge in [0.1, 0.15) is 11.8 Å². The number of nitrogens with zero attached hydrogens (tertiary/aromatic N) is 1. The van der Waals surface area contributed by atoms with Crippen LogP contribution < -0.4 is 10.1 Å². The Labute approximate surface area is 226 Å². The molecule has 0 heterocycles. The minimum atomic E-state index is -0.618. The summed E-state index contributed by atoms with van der Waals surface area (Å²) in [5, 5.41) is 3.99. The third kappa shape index (κ3) is 7.61. The molecule has 0 aliphatic heterocycles. The van der Waals surface area contributed by atoms with Crippen LogP contribution in [0.3, 0.4) is 0 Å². The van der Waals surface area contributed by atoms with Crippen molar-refractivity contribution in [2.45, 2.75) is 77.4 Å². The predicted molar refractivity (Wildman–Crippen MR) is 145 cm³/mol. The van der Waals surface area contributed by atoms with E-state index in [0.29, 0.717) is 28.1 Å². The Morgan fingerprint density at radius 2 is 1.83 bits per heavy atom.